The molecule has 188 valence electrons. The Hall–Kier alpha value is -4.07. The van der Waals surface area contributed by atoms with Crippen molar-refractivity contribution < 1.29 is 14.3 Å². The molecule has 0 aliphatic carbocycles. The van der Waals surface area contributed by atoms with Crippen LogP contribution in [0, 0.1) is 27.7 Å². The van der Waals surface area contributed by atoms with Crippen molar-refractivity contribution in [2.24, 2.45) is 5.10 Å². The second kappa shape index (κ2) is 10.7. The number of hydrogen-bond acceptors (Lipinski definition) is 5. The second-order valence-electron chi connectivity index (χ2n) is 9.16. The topological polar surface area (TPSA) is 79.2 Å². The number of carbonyl (C=O) groups excluding carboxylic acids is 2. The van der Waals surface area contributed by atoms with Gasteiger partial charge in [-0.25, -0.2) is 5.43 Å². The number of anilines is 1. The molecule has 2 aromatic carbocycles. The van der Waals surface area contributed by atoms with Crippen LogP contribution in [-0.2, 0) is 9.59 Å². The lowest BCUT2D eigenvalue weighted by molar-refractivity contribution is -0.146. The van der Waals surface area contributed by atoms with Crippen molar-refractivity contribution in [2.45, 2.75) is 27.7 Å². The highest BCUT2D eigenvalue weighted by molar-refractivity contribution is 6.35. The predicted molar refractivity (Wildman–Crippen MR) is 142 cm³/mol. The van der Waals surface area contributed by atoms with Crippen LogP contribution in [0.25, 0.3) is 5.69 Å². The van der Waals surface area contributed by atoms with Gasteiger partial charge in [0.15, 0.2) is 0 Å². The number of aromatic nitrogens is 1. The van der Waals surface area contributed by atoms with E-state index >= 15 is 0 Å². The molecule has 1 fully saturated rings. The van der Waals surface area contributed by atoms with E-state index in [2.05, 4.69) is 52.0 Å². The summed E-state index contributed by atoms with van der Waals surface area (Å²) in [6.07, 6.45) is 1.59. The fourth-order valence-electron chi connectivity index (χ4n) is 4.79. The van der Waals surface area contributed by atoms with Gasteiger partial charge in [0.2, 0.25) is 0 Å². The standard InChI is InChI=1S/C28H33N5O3/c1-19-14-20(2)16-24(15-19)33-21(3)17-23(22(33)4)18-29-30-27(34)28(35)32-12-10-31(11-13-32)25-8-6-7-9-26(25)36-5/h6-9,14-18H,10-13H2,1-5H3,(H,30,34)/b29-18-. The van der Waals surface area contributed by atoms with E-state index in [1.165, 1.54) is 11.1 Å². The molecule has 0 spiro atoms. The molecule has 1 N–H and O–H groups in total. The largest absolute Gasteiger partial charge is 0.495 e. The molecule has 8 heteroatoms. The molecule has 0 radical (unpaired) electrons. The van der Waals surface area contributed by atoms with Crippen LogP contribution in [0.1, 0.15) is 28.1 Å². The van der Waals surface area contributed by atoms with Gasteiger partial charge in [-0.1, -0.05) is 18.2 Å². The van der Waals surface area contributed by atoms with Gasteiger partial charge in [-0.3, -0.25) is 9.59 Å². The first kappa shape index (κ1) is 25.0. The first-order valence-corrected chi connectivity index (χ1v) is 12.1. The van der Waals surface area contributed by atoms with Gasteiger partial charge in [-0.05, 0) is 69.2 Å². The minimum atomic E-state index is -0.736. The molecule has 1 aliphatic rings. The van der Waals surface area contributed by atoms with Crippen molar-refractivity contribution in [3.63, 3.8) is 0 Å². The Labute approximate surface area is 212 Å². The van der Waals surface area contributed by atoms with Crippen molar-refractivity contribution in [1.29, 1.82) is 0 Å². The number of rotatable bonds is 5. The van der Waals surface area contributed by atoms with Gasteiger partial charge in [0.25, 0.3) is 0 Å². The number of nitrogens with zero attached hydrogens (tertiary/aromatic N) is 4. The molecule has 4 rings (SSSR count). The first-order valence-electron chi connectivity index (χ1n) is 12.1. The molecule has 0 unspecified atom stereocenters. The van der Waals surface area contributed by atoms with E-state index in [9.17, 15) is 9.59 Å². The molecule has 1 aliphatic heterocycles. The van der Waals surface area contributed by atoms with Gasteiger partial charge in [-0.2, -0.15) is 5.10 Å². The number of carbonyl (C=O) groups is 2. The number of aryl methyl sites for hydroxylation is 3. The van der Waals surface area contributed by atoms with Crippen LogP contribution in [0.2, 0.25) is 0 Å². The molecule has 0 saturated carbocycles. The number of amides is 2. The maximum absolute atomic E-state index is 12.7. The Kier molecular flexibility index (Phi) is 7.43. The summed E-state index contributed by atoms with van der Waals surface area (Å²) < 4.78 is 7.60. The van der Waals surface area contributed by atoms with E-state index in [1.807, 2.05) is 44.2 Å². The lowest BCUT2D eigenvalue weighted by Crippen LogP contribution is -2.52. The minimum Gasteiger partial charge on any atom is -0.495 e. The number of para-hydroxylation sites is 2. The van der Waals surface area contributed by atoms with E-state index in [1.54, 1.807) is 18.2 Å². The van der Waals surface area contributed by atoms with E-state index in [-0.39, 0.29) is 0 Å². The predicted octanol–water partition coefficient (Wildman–Crippen LogP) is 3.52. The molecule has 2 amide bonds. The highest BCUT2D eigenvalue weighted by atomic mass is 16.5. The SMILES string of the molecule is COc1ccccc1N1CCN(C(=O)C(=O)N/N=C\c2cc(C)n(-c3cc(C)cc(C)c3)c2C)CC1. The fraction of sp³-hybridized carbons (Fsp3) is 0.321. The van der Waals surface area contributed by atoms with Crippen molar-refractivity contribution in [3.8, 4) is 11.4 Å². The van der Waals surface area contributed by atoms with Gasteiger partial charge < -0.3 is 19.1 Å². The molecule has 3 aromatic rings. The average Bonchev–Trinajstić information content (AvgIpc) is 3.15. The summed E-state index contributed by atoms with van der Waals surface area (Å²) in [7, 11) is 1.64. The van der Waals surface area contributed by atoms with Crippen LogP contribution in [0.4, 0.5) is 5.69 Å². The number of hydrazone groups is 1. The van der Waals surface area contributed by atoms with Crippen LogP contribution in [0.3, 0.4) is 0 Å². The minimum absolute atomic E-state index is 0.449. The normalized spacial score (nSPS) is 13.8. The third-order valence-corrected chi connectivity index (χ3v) is 6.49. The van der Waals surface area contributed by atoms with E-state index in [0.717, 1.165) is 34.1 Å². The average molecular weight is 488 g/mol. The maximum atomic E-state index is 12.7. The van der Waals surface area contributed by atoms with E-state index < -0.39 is 11.8 Å². The molecule has 0 bridgehead atoms. The van der Waals surface area contributed by atoms with Gasteiger partial charge in [0, 0.05) is 48.8 Å². The number of ether oxygens (including phenoxy) is 1. The highest BCUT2D eigenvalue weighted by Gasteiger charge is 2.27. The van der Waals surface area contributed by atoms with Gasteiger partial charge >= 0.3 is 11.8 Å². The summed E-state index contributed by atoms with van der Waals surface area (Å²) in [5, 5.41) is 4.07. The molecule has 0 atom stereocenters. The Morgan fingerprint density at radius 1 is 0.944 bits per heavy atom. The number of methoxy groups -OCH3 is 1. The van der Waals surface area contributed by atoms with Crippen LogP contribution >= 0.6 is 0 Å². The molecule has 8 nitrogen and oxygen atoms in total. The third kappa shape index (κ3) is 5.27. The van der Waals surface area contributed by atoms with E-state index in [4.69, 9.17) is 4.74 Å². The maximum Gasteiger partial charge on any atom is 0.329 e. The van der Waals surface area contributed by atoms with Crippen molar-refractivity contribution in [3.05, 3.63) is 76.6 Å². The molecule has 36 heavy (non-hydrogen) atoms. The summed E-state index contributed by atoms with van der Waals surface area (Å²) in [5.74, 6) is -0.520. The van der Waals surface area contributed by atoms with Gasteiger partial charge in [-0.15, -0.1) is 0 Å². The lowest BCUT2D eigenvalue weighted by atomic mass is 10.1. The first-order chi connectivity index (χ1) is 17.3. The highest BCUT2D eigenvalue weighted by Crippen LogP contribution is 2.28. The summed E-state index contributed by atoms with van der Waals surface area (Å²) >= 11 is 0. The summed E-state index contributed by atoms with van der Waals surface area (Å²) in [5.41, 5.74) is 9.82. The zero-order chi connectivity index (χ0) is 25.8. The number of benzene rings is 2. The second-order valence-corrected chi connectivity index (χ2v) is 9.16. The van der Waals surface area contributed by atoms with Crippen molar-refractivity contribution in [2.75, 3.05) is 38.2 Å². The zero-order valence-corrected chi connectivity index (χ0v) is 21.5. The van der Waals surface area contributed by atoms with Crippen LogP contribution in [0.5, 0.6) is 5.75 Å². The lowest BCUT2D eigenvalue weighted by Gasteiger charge is -2.36. The summed E-state index contributed by atoms with van der Waals surface area (Å²) in [4.78, 5) is 28.9. The van der Waals surface area contributed by atoms with Crippen LogP contribution in [-0.4, -0.2) is 60.8 Å². The molecular weight excluding hydrogens is 454 g/mol. The van der Waals surface area contributed by atoms with Crippen LogP contribution < -0.4 is 15.1 Å². The molecule has 2 heterocycles. The zero-order valence-electron chi connectivity index (χ0n) is 21.5. The third-order valence-electron chi connectivity index (χ3n) is 6.49. The Bertz CT molecular complexity index is 1280. The molecule has 1 aromatic heterocycles. The van der Waals surface area contributed by atoms with Gasteiger partial charge in [0.1, 0.15) is 5.75 Å². The van der Waals surface area contributed by atoms with Crippen molar-refractivity contribution >= 4 is 23.7 Å². The van der Waals surface area contributed by atoms with Gasteiger partial charge in [0.05, 0.1) is 19.0 Å². The molecular formula is C28H33N5O3. The number of nitrogens with one attached hydrogen (secondary N) is 1. The Morgan fingerprint density at radius 3 is 2.28 bits per heavy atom. The Morgan fingerprint density at radius 2 is 1.61 bits per heavy atom. The van der Waals surface area contributed by atoms with E-state index in [0.29, 0.717) is 26.2 Å². The quantitative estimate of drug-likeness (QED) is 0.339. The Balaban J connectivity index is 1.36. The number of piperazine rings is 1. The van der Waals surface area contributed by atoms with Crippen LogP contribution in [0.15, 0.2) is 53.6 Å². The summed E-state index contributed by atoms with van der Waals surface area (Å²) in [6.45, 7) is 10.3. The number of hydrogen-bond donors (Lipinski definition) is 1. The fourth-order valence-corrected chi connectivity index (χ4v) is 4.79. The van der Waals surface area contributed by atoms with Crippen molar-refractivity contribution in [1.82, 2.24) is 14.9 Å². The smallest absolute Gasteiger partial charge is 0.329 e. The summed E-state index contributed by atoms with van der Waals surface area (Å²) in [6, 6.07) is 16.2. The molecule has 1 saturated heterocycles. The monoisotopic (exact) mass is 487 g/mol.